The van der Waals surface area contributed by atoms with E-state index in [9.17, 15) is 14.4 Å². The Morgan fingerprint density at radius 2 is 1.76 bits per heavy atom. The summed E-state index contributed by atoms with van der Waals surface area (Å²) in [5.74, 6) is 0.0860. The second-order valence-corrected chi connectivity index (χ2v) is 6.98. The first kappa shape index (κ1) is 20.1. The normalized spacial score (nSPS) is 15.0. The van der Waals surface area contributed by atoms with Crippen LogP contribution in [0.5, 0.6) is 5.75 Å². The highest BCUT2D eigenvalue weighted by Crippen LogP contribution is 2.19. The van der Waals surface area contributed by atoms with Crippen LogP contribution in [0.4, 0.5) is 10.5 Å². The van der Waals surface area contributed by atoms with E-state index >= 15 is 0 Å². The number of nitrogens with zero attached hydrogens (tertiary/aromatic N) is 1. The van der Waals surface area contributed by atoms with Crippen molar-refractivity contribution in [2.45, 2.75) is 19.8 Å². The number of imide groups is 1. The summed E-state index contributed by atoms with van der Waals surface area (Å²) in [6.07, 6.45) is 1.56. The Balaban J connectivity index is 1.64. The molecule has 1 saturated heterocycles. The number of urea groups is 1. The van der Waals surface area contributed by atoms with Crippen LogP contribution in [0.2, 0.25) is 0 Å². The van der Waals surface area contributed by atoms with Gasteiger partial charge in [0.15, 0.2) is 0 Å². The summed E-state index contributed by atoms with van der Waals surface area (Å²) in [6, 6.07) is 13.9. The van der Waals surface area contributed by atoms with Gasteiger partial charge >= 0.3 is 6.03 Å². The van der Waals surface area contributed by atoms with Crippen molar-refractivity contribution >= 4 is 29.6 Å². The Kier molecular flexibility index (Phi) is 5.97. The van der Waals surface area contributed by atoms with Gasteiger partial charge in [-0.2, -0.15) is 0 Å². The lowest BCUT2D eigenvalue weighted by atomic mass is 10.0. The standard InChI is InChI=1S/C22H23N3O4/c1-14(2)16-6-8-17(9-7-16)23-20(26)13-25-21(27)19(24-22(25)28)12-15-4-10-18(29-3)11-5-15/h4-12,14H,13H2,1-3H3,(H,23,26)(H,24,28)/b19-12-. The maximum atomic E-state index is 12.5. The maximum absolute atomic E-state index is 12.5. The molecule has 2 aromatic rings. The van der Waals surface area contributed by atoms with Crippen LogP contribution in [0.25, 0.3) is 6.08 Å². The molecule has 7 heteroatoms. The molecule has 2 aromatic carbocycles. The Labute approximate surface area is 169 Å². The lowest BCUT2D eigenvalue weighted by Crippen LogP contribution is -2.38. The lowest BCUT2D eigenvalue weighted by molar-refractivity contribution is -0.127. The first-order valence-corrected chi connectivity index (χ1v) is 9.26. The molecule has 0 aliphatic carbocycles. The van der Waals surface area contributed by atoms with E-state index in [0.717, 1.165) is 16.0 Å². The molecule has 29 heavy (non-hydrogen) atoms. The number of anilines is 1. The molecule has 0 aromatic heterocycles. The Bertz CT molecular complexity index is 947. The minimum Gasteiger partial charge on any atom is -0.497 e. The van der Waals surface area contributed by atoms with Crippen molar-refractivity contribution in [3.63, 3.8) is 0 Å². The van der Waals surface area contributed by atoms with Gasteiger partial charge in [-0.3, -0.25) is 9.59 Å². The van der Waals surface area contributed by atoms with Crippen molar-refractivity contribution in [2.24, 2.45) is 0 Å². The molecule has 0 spiro atoms. The zero-order valence-electron chi connectivity index (χ0n) is 16.6. The molecule has 3 rings (SSSR count). The number of hydrogen-bond donors (Lipinski definition) is 2. The third kappa shape index (κ3) is 4.82. The number of carbonyl (C=O) groups is 3. The van der Waals surface area contributed by atoms with Crippen LogP contribution in [0.3, 0.4) is 0 Å². The van der Waals surface area contributed by atoms with Gasteiger partial charge < -0.3 is 15.4 Å². The topological polar surface area (TPSA) is 87.7 Å². The third-order valence-corrected chi connectivity index (χ3v) is 4.55. The minimum atomic E-state index is -0.625. The lowest BCUT2D eigenvalue weighted by Gasteiger charge is -2.12. The zero-order valence-corrected chi connectivity index (χ0v) is 16.6. The van der Waals surface area contributed by atoms with Gasteiger partial charge in [-0.05, 0) is 47.4 Å². The average molecular weight is 393 g/mol. The van der Waals surface area contributed by atoms with Gasteiger partial charge in [0.25, 0.3) is 5.91 Å². The van der Waals surface area contributed by atoms with E-state index in [1.807, 2.05) is 12.1 Å². The quantitative estimate of drug-likeness (QED) is 0.582. The minimum absolute atomic E-state index is 0.120. The van der Waals surface area contributed by atoms with Gasteiger partial charge in [0.05, 0.1) is 7.11 Å². The summed E-state index contributed by atoms with van der Waals surface area (Å²) >= 11 is 0. The highest BCUT2D eigenvalue weighted by Gasteiger charge is 2.34. The highest BCUT2D eigenvalue weighted by molar-refractivity contribution is 6.15. The summed E-state index contributed by atoms with van der Waals surface area (Å²) in [7, 11) is 1.57. The van der Waals surface area contributed by atoms with Crippen molar-refractivity contribution < 1.29 is 19.1 Å². The van der Waals surface area contributed by atoms with Crippen LogP contribution in [-0.4, -0.2) is 36.4 Å². The first-order chi connectivity index (χ1) is 13.9. The molecule has 1 fully saturated rings. The van der Waals surface area contributed by atoms with Crippen LogP contribution >= 0.6 is 0 Å². The molecule has 0 saturated carbocycles. The summed E-state index contributed by atoms with van der Waals surface area (Å²) in [4.78, 5) is 37.8. The number of nitrogens with one attached hydrogen (secondary N) is 2. The molecule has 2 N–H and O–H groups in total. The van der Waals surface area contributed by atoms with Crippen molar-refractivity contribution in [1.82, 2.24) is 10.2 Å². The van der Waals surface area contributed by atoms with E-state index in [0.29, 0.717) is 17.4 Å². The predicted octanol–water partition coefficient (Wildman–Crippen LogP) is 3.35. The fourth-order valence-electron chi connectivity index (χ4n) is 2.88. The van der Waals surface area contributed by atoms with E-state index in [-0.39, 0.29) is 12.2 Å². The van der Waals surface area contributed by atoms with Gasteiger partial charge in [-0.15, -0.1) is 0 Å². The molecule has 0 unspecified atom stereocenters. The highest BCUT2D eigenvalue weighted by atomic mass is 16.5. The van der Waals surface area contributed by atoms with E-state index in [1.165, 1.54) is 0 Å². The van der Waals surface area contributed by atoms with E-state index in [2.05, 4.69) is 24.5 Å². The van der Waals surface area contributed by atoms with Gasteiger partial charge in [0.2, 0.25) is 5.91 Å². The second kappa shape index (κ2) is 8.60. The summed E-state index contributed by atoms with van der Waals surface area (Å²) < 4.78 is 5.09. The number of methoxy groups -OCH3 is 1. The Hall–Kier alpha value is -3.61. The SMILES string of the molecule is COc1ccc(/C=C2\NC(=O)N(CC(=O)Nc3ccc(C(C)C)cc3)C2=O)cc1. The average Bonchev–Trinajstić information content (AvgIpc) is 2.96. The third-order valence-electron chi connectivity index (χ3n) is 4.55. The number of rotatable bonds is 6. The maximum Gasteiger partial charge on any atom is 0.329 e. The number of ether oxygens (including phenoxy) is 1. The zero-order chi connectivity index (χ0) is 21.0. The van der Waals surface area contributed by atoms with Crippen molar-refractivity contribution in [3.05, 3.63) is 65.4 Å². The van der Waals surface area contributed by atoms with E-state index in [1.54, 1.807) is 49.6 Å². The van der Waals surface area contributed by atoms with Gasteiger partial charge in [0, 0.05) is 5.69 Å². The molecule has 0 bridgehead atoms. The Morgan fingerprint density at radius 1 is 1.10 bits per heavy atom. The van der Waals surface area contributed by atoms with Gasteiger partial charge in [-0.1, -0.05) is 38.1 Å². The van der Waals surface area contributed by atoms with Crippen LogP contribution in [-0.2, 0) is 9.59 Å². The van der Waals surface area contributed by atoms with Crippen molar-refractivity contribution in [1.29, 1.82) is 0 Å². The Morgan fingerprint density at radius 3 is 2.34 bits per heavy atom. The second-order valence-electron chi connectivity index (χ2n) is 6.98. The van der Waals surface area contributed by atoms with Crippen molar-refractivity contribution in [3.8, 4) is 5.75 Å². The van der Waals surface area contributed by atoms with Gasteiger partial charge in [0.1, 0.15) is 18.0 Å². The van der Waals surface area contributed by atoms with Crippen LogP contribution in [0, 0.1) is 0 Å². The molecule has 0 radical (unpaired) electrons. The fraction of sp³-hybridized carbons (Fsp3) is 0.227. The smallest absolute Gasteiger partial charge is 0.329 e. The summed E-state index contributed by atoms with van der Waals surface area (Å²) in [6.45, 7) is 3.81. The molecule has 1 heterocycles. The number of carbonyl (C=O) groups excluding carboxylic acids is 3. The van der Waals surface area contributed by atoms with E-state index in [4.69, 9.17) is 4.74 Å². The molecule has 1 aliphatic heterocycles. The van der Waals surface area contributed by atoms with Crippen molar-refractivity contribution in [2.75, 3.05) is 19.0 Å². The molecule has 7 nitrogen and oxygen atoms in total. The summed E-state index contributed by atoms with van der Waals surface area (Å²) in [5, 5.41) is 5.21. The first-order valence-electron chi connectivity index (χ1n) is 9.26. The van der Waals surface area contributed by atoms with E-state index < -0.39 is 17.8 Å². The van der Waals surface area contributed by atoms with Gasteiger partial charge in [-0.25, -0.2) is 9.69 Å². The predicted molar refractivity (Wildman–Crippen MR) is 110 cm³/mol. The number of hydrogen-bond acceptors (Lipinski definition) is 4. The molecule has 0 atom stereocenters. The van der Waals surface area contributed by atoms with Crippen LogP contribution in [0.15, 0.2) is 54.2 Å². The van der Waals surface area contributed by atoms with Crippen LogP contribution in [0.1, 0.15) is 30.9 Å². The number of amides is 4. The monoisotopic (exact) mass is 393 g/mol. The molecular weight excluding hydrogens is 370 g/mol. The summed E-state index contributed by atoms with van der Waals surface area (Å²) in [5.41, 5.74) is 2.62. The molecular formula is C22H23N3O4. The molecule has 1 aliphatic rings. The molecule has 150 valence electrons. The van der Waals surface area contributed by atoms with Crippen LogP contribution < -0.4 is 15.4 Å². The molecule has 4 amide bonds. The fourth-order valence-corrected chi connectivity index (χ4v) is 2.88. The number of benzene rings is 2. The largest absolute Gasteiger partial charge is 0.497 e.